The first-order chi connectivity index (χ1) is 29.5. The summed E-state index contributed by atoms with van der Waals surface area (Å²) in [5, 5.41) is 1.20. The van der Waals surface area contributed by atoms with E-state index in [-0.39, 0.29) is 33.8 Å². The van der Waals surface area contributed by atoms with Gasteiger partial charge in [0, 0.05) is 33.8 Å². The van der Waals surface area contributed by atoms with Gasteiger partial charge in [-0.3, -0.25) is 0 Å². The van der Waals surface area contributed by atoms with E-state index in [0.717, 1.165) is 29.8 Å². The molecule has 3 aliphatic rings. The minimum Gasteiger partial charge on any atom is -0.468 e. The zero-order chi connectivity index (χ0) is 44.8. The Labute approximate surface area is 377 Å². The number of benzene rings is 6. The van der Waals surface area contributed by atoms with Crippen LogP contribution in [0.4, 0.5) is 34.1 Å². The Kier molecular flexibility index (Phi) is 9.07. The van der Waals surface area contributed by atoms with Crippen LogP contribution in [0.15, 0.2) is 120 Å². The molecule has 0 radical (unpaired) electrons. The van der Waals surface area contributed by atoms with Gasteiger partial charge >= 0.3 is 0 Å². The lowest BCUT2D eigenvalue weighted by molar-refractivity contribution is 0.332. The van der Waals surface area contributed by atoms with Crippen molar-refractivity contribution in [3.63, 3.8) is 0 Å². The largest absolute Gasteiger partial charge is 0.468 e. The van der Waals surface area contributed by atoms with E-state index in [2.05, 4.69) is 222 Å². The minimum atomic E-state index is -0.120. The lowest BCUT2D eigenvalue weighted by Crippen LogP contribution is -2.61. The number of nitrogens with zero attached hydrogens (tertiary/aromatic N) is 2. The van der Waals surface area contributed by atoms with Gasteiger partial charge in [0.25, 0.3) is 6.71 Å². The summed E-state index contributed by atoms with van der Waals surface area (Å²) in [4.78, 5) is 5.14. The van der Waals surface area contributed by atoms with Crippen molar-refractivity contribution in [2.24, 2.45) is 0 Å². The first kappa shape index (κ1) is 41.5. The molecule has 2 aliphatic heterocycles. The van der Waals surface area contributed by atoms with Gasteiger partial charge in [0.2, 0.25) is 0 Å². The highest BCUT2D eigenvalue weighted by Crippen LogP contribution is 2.52. The van der Waals surface area contributed by atoms with Crippen molar-refractivity contribution in [1.82, 2.24) is 0 Å². The van der Waals surface area contributed by atoms with Crippen LogP contribution >= 0.6 is 0 Å². The predicted octanol–water partition coefficient (Wildman–Crippen LogP) is 14.7. The molecule has 0 amide bonds. The van der Waals surface area contributed by atoms with E-state index in [1.165, 1.54) is 89.3 Å². The monoisotopic (exact) mass is 829 g/mol. The van der Waals surface area contributed by atoms with Gasteiger partial charge in [0.15, 0.2) is 0 Å². The first-order valence-electron chi connectivity index (χ1n) is 23.3. The Morgan fingerprint density at radius 1 is 0.524 bits per heavy atom. The summed E-state index contributed by atoms with van der Waals surface area (Å²) in [6.45, 7) is 32.8. The molecule has 63 heavy (non-hydrogen) atoms. The van der Waals surface area contributed by atoms with Gasteiger partial charge in [0.05, 0.1) is 11.3 Å². The fourth-order valence-corrected chi connectivity index (χ4v) is 10.7. The first-order valence-corrected chi connectivity index (χ1v) is 23.3. The zero-order valence-corrected chi connectivity index (χ0v) is 40.3. The topological polar surface area (TPSA) is 19.6 Å². The molecule has 0 unspecified atom stereocenters. The molecule has 0 saturated carbocycles. The number of hydrogen-bond acceptors (Lipinski definition) is 3. The molecule has 6 aromatic carbocycles. The van der Waals surface area contributed by atoms with Gasteiger partial charge in [-0.2, -0.15) is 0 Å². The van der Waals surface area contributed by atoms with Gasteiger partial charge in [0.1, 0.15) is 5.58 Å². The van der Waals surface area contributed by atoms with Gasteiger partial charge < -0.3 is 14.2 Å². The molecule has 0 atom stereocenters. The SMILES string of the molecule is Cc1cc2c3c(c1)N(c1ccc(C(C)(C)C)cc1)c1c(oc4cc5c(cc14)C(C)(C)CCC5(C)C)B3c1ccc(-c3ccccc3)cc1N2c1cc(C(C)(C)C)cc(C(C)(C)C)c1. The predicted molar refractivity (Wildman–Crippen MR) is 272 cm³/mol. The number of rotatable bonds is 3. The van der Waals surface area contributed by atoms with Crippen molar-refractivity contribution in [3.05, 3.63) is 149 Å². The summed E-state index contributed by atoms with van der Waals surface area (Å²) in [6.07, 6.45) is 2.31. The van der Waals surface area contributed by atoms with Crippen LogP contribution in [0, 0.1) is 6.92 Å². The molecule has 10 rings (SSSR count). The molecule has 0 saturated heterocycles. The molecule has 1 aliphatic carbocycles. The maximum absolute atomic E-state index is 7.51. The number of hydrogen-bond donors (Lipinski definition) is 0. The quantitative estimate of drug-likeness (QED) is 0.165. The van der Waals surface area contributed by atoms with E-state index < -0.39 is 0 Å². The highest BCUT2D eigenvalue weighted by Gasteiger charge is 2.48. The summed E-state index contributed by atoms with van der Waals surface area (Å²) < 4.78 is 7.51. The van der Waals surface area contributed by atoms with E-state index in [0.29, 0.717) is 0 Å². The van der Waals surface area contributed by atoms with E-state index in [9.17, 15) is 0 Å². The van der Waals surface area contributed by atoms with Gasteiger partial charge in [-0.1, -0.05) is 151 Å². The lowest BCUT2D eigenvalue weighted by atomic mass is 9.35. The summed E-state index contributed by atoms with van der Waals surface area (Å²) in [6, 6.07) is 44.5. The molecule has 320 valence electrons. The van der Waals surface area contributed by atoms with Crippen molar-refractivity contribution in [1.29, 1.82) is 0 Å². The van der Waals surface area contributed by atoms with E-state index in [1.54, 1.807) is 0 Å². The normalized spacial score (nSPS) is 16.4. The van der Waals surface area contributed by atoms with Crippen LogP contribution in [0.25, 0.3) is 22.1 Å². The van der Waals surface area contributed by atoms with E-state index in [4.69, 9.17) is 4.42 Å². The van der Waals surface area contributed by atoms with E-state index in [1.807, 2.05) is 0 Å². The second-order valence-electron chi connectivity index (χ2n) is 23.5. The van der Waals surface area contributed by atoms with E-state index >= 15 is 0 Å². The van der Waals surface area contributed by atoms with Crippen molar-refractivity contribution < 1.29 is 4.42 Å². The summed E-state index contributed by atoms with van der Waals surface area (Å²) in [7, 11) is 0. The zero-order valence-electron chi connectivity index (χ0n) is 40.3. The molecule has 0 spiro atoms. The van der Waals surface area contributed by atoms with Crippen LogP contribution in [0.1, 0.15) is 136 Å². The van der Waals surface area contributed by atoms with Gasteiger partial charge in [-0.15, -0.1) is 0 Å². The minimum absolute atomic E-state index is 0.0370. The maximum atomic E-state index is 7.51. The highest BCUT2D eigenvalue weighted by atomic mass is 16.3. The fraction of sp³-hybridized carbons (Fsp3) is 0.356. The molecule has 4 heteroatoms. The summed E-state index contributed by atoms with van der Waals surface area (Å²) >= 11 is 0. The smallest absolute Gasteiger partial charge is 0.297 e. The highest BCUT2D eigenvalue weighted by molar-refractivity contribution is 7.00. The Bertz CT molecular complexity index is 2930. The van der Waals surface area contributed by atoms with Crippen molar-refractivity contribution >= 4 is 68.4 Å². The third kappa shape index (κ3) is 6.69. The number of aryl methyl sites for hydroxylation is 1. The molecule has 0 fully saturated rings. The third-order valence-corrected chi connectivity index (χ3v) is 14.8. The summed E-state index contributed by atoms with van der Waals surface area (Å²) in [5.41, 5.74) is 22.3. The lowest BCUT2D eigenvalue weighted by Gasteiger charge is -2.43. The van der Waals surface area contributed by atoms with Crippen LogP contribution in [0.2, 0.25) is 0 Å². The van der Waals surface area contributed by atoms with Crippen LogP contribution in [0.3, 0.4) is 0 Å². The maximum Gasteiger partial charge on any atom is 0.297 e. The summed E-state index contributed by atoms with van der Waals surface area (Å²) in [5.74, 6) is 0. The standard InChI is InChI=1S/C59H65BN2O/c1-36-28-49-52-50(29-36)62(42-23-21-39(22-24-42)55(2,3)4)53-44-34-45-46(59(13,14)27-26-58(45,11)12)35-51(44)63-54(53)60(52)47-25-20-38(37-18-16-15-17-19-37)30-48(47)61(49)43-32-40(56(5,6)7)31-41(33-43)57(8,9)10/h15-25,28-35H,26-27H2,1-14H3. The molecule has 0 N–H and O–H groups in total. The van der Waals surface area contributed by atoms with Crippen molar-refractivity contribution in [2.45, 2.75) is 137 Å². The Hall–Kier alpha value is -5.48. The molecule has 3 heterocycles. The number of fused-ring (bicyclic) bond motifs is 7. The second kappa shape index (κ2) is 13.8. The van der Waals surface area contributed by atoms with Gasteiger partial charge in [-0.05, 0) is 157 Å². The van der Waals surface area contributed by atoms with Crippen LogP contribution in [0.5, 0.6) is 0 Å². The van der Waals surface area contributed by atoms with Crippen molar-refractivity contribution in [3.8, 4) is 11.1 Å². The fourth-order valence-electron chi connectivity index (χ4n) is 10.7. The Morgan fingerprint density at radius 2 is 1.10 bits per heavy atom. The van der Waals surface area contributed by atoms with Crippen LogP contribution < -0.4 is 26.4 Å². The Morgan fingerprint density at radius 3 is 1.68 bits per heavy atom. The van der Waals surface area contributed by atoms with Crippen molar-refractivity contribution in [2.75, 3.05) is 9.80 Å². The number of anilines is 6. The molecule has 3 nitrogen and oxygen atoms in total. The molecule has 7 aromatic rings. The molecule has 0 bridgehead atoms. The van der Waals surface area contributed by atoms with Crippen LogP contribution in [-0.2, 0) is 27.1 Å². The molecular formula is C59H65BN2O. The third-order valence-electron chi connectivity index (χ3n) is 14.8. The molecular weight excluding hydrogens is 763 g/mol. The van der Waals surface area contributed by atoms with Gasteiger partial charge in [-0.25, -0.2) is 0 Å². The number of furan rings is 1. The average Bonchev–Trinajstić information content (AvgIpc) is 3.59. The Balaban J connectivity index is 1.33. The second-order valence-corrected chi connectivity index (χ2v) is 23.5. The molecule has 1 aromatic heterocycles. The van der Waals surface area contributed by atoms with Crippen LogP contribution in [-0.4, -0.2) is 6.71 Å². The average molecular weight is 829 g/mol.